The molecule has 0 saturated heterocycles. The van der Waals surface area contributed by atoms with Crippen LogP contribution in [0.2, 0.25) is 0 Å². The summed E-state index contributed by atoms with van der Waals surface area (Å²) in [7, 11) is 1.71. The Labute approximate surface area is 124 Å². The molecule has 0 aliphatic heterocycles. The number of aromatic amines is 1. The Bertz CT molecular complexity index is 718. The molecule has 3 N–H and O–H groups in total. The molecule has 0 aliphatic carbocycles. The third-order valence-corrected chi connectivity index (χ3v) is 3.93. The van der Waals surface area contributed by atoms with Gasteiger partial charge < -0.3 is 15.5 Å². The predicted octanol–water partition coefficient (Wildman–Crippen LogP) is 3.66. The van der Waals surface area contributed by atoms with Crippen LogP contribution in [0.25, 0.3) is 10.9 Å². The molecule has 21 heavy (non-hydrogen) atoms. The first kappa shape index (κ1) is 13.7. The van der Waals surface area contributed by atoms with Gasteiger partial charge in [0.15, 0.2) is 0 Å². The van der Waals surface area contributed by atoms with Crippen LogP contribution in [-0.4, -0.2) is 18.6 Å². The Morgan fingerprint density at radius 3 is 2.62 bits per heavy atom. The highest BCUT2D eigenvalue weighted by atomic mass is 16.5. The predicted molar refractivity (Wildman–Crippen MR) is 86.8 cm³/mol. The maximum Gasteiger partial charge on any atom is 0.143 e. The molecule has 108 valence electrons. The van der Waals surface area contributed by atoms with Crippen LogP contribution in [0.1, 0.15) is 23.5 Å². The first-order chi connectivity index (χ1) is 10.3. The van der Waals surface area contributed by atoms with Gasteiger partial charge in [0.2, 0.25) is 0 Å². The molecular formula is C18H20N2O. The van der Waals surface area contributed by atoms with E-state index in [1.807, 2.05) is 12.3 Å². The highest BCUT2D eigenvalue weighted by Crippen LogP contribution is 2.34. The van der Waals surface area contributed by atoms with Crippen molar-refractivity contribution >= 4 is 10.9 Å². The summed E-state index contributed by atoms with van der Waals surface area (Å²) in [6.45, 7) is 0.660. The average Bonchev–Trinajstić information content (AvgIpc) is 3.01. The van der Waals surface area contributed by atoms with Crippen LogP contribution in [0.3, 0.4) is 0 Å². The molecule has 1 heterocycles. The van der Waals surface area contributed by atoms with Crippen molar-refractivity contribution in [3.8, 4) is 5.75 Å². The van der Waals surface area contributed by atoms with E-state index in [0.29, 0.717) is 12.5 Å². The van der Waals surface area contributed by atoms with Crippen molar-refractivity contribution in [1.29, 1.82) is 0 Å². The van der Waals surface area contributed by atoms with Gasteiger partial charge in [-0.1, -0.05) is 30.3 Å². The molecule has 1 aromatic heterocycles. The fourth-order valence-corrected chi connectivity index (χ4v) is 2.90. The summed E-state index contributed by atoms with van der Waals surface area (Å²) in [6.07, 6.45) is 2.86. The highest BCUT2D eigenvalue weighted by molar-refractivity contribution is 5.86. The summed E-state index contributed by atoms with van der Waals surface area (Å²) in [6, 6.07) is 16.9. The molecule has 3 rings (SSSR count). The van der Waals surface area contributed by atoms with Crippen molar-refractivity contribution in [1.82, 2.24) is 4.98 Å². The molecule has 0 spiro atoms. The minimum atomic E-state index is 0.296. The minimum absolute atomic E-state index is 0.296. The first-order valence-corrected chi connectivity index (χ1v) is 7.23. The third kappa shape index (κ3) is 2.65. The van der Waals surface area contributed by atoms with Crippen molar-refractivity contribution in [3.63, 3.8) is 0 Å². The summed E-state index contributed by atoms with van der Waals surface area (Å²) in [4.78, 5) is 3.23. The second-order valence-electron chi connectivity index (χ2n) is 5.21. The molecule has 3 aromatic rings. The Morgan fingerprint density at radius 2 is 1.90 bits per heavy atom. The van der Waals surface area contributed by atoms with Crippen LogP contribution in [0.4, 0.5) is 0 Å². The van der Waals surface area contributed by atoms with Gasteiger partial charge in [0, 0.05) is 17.5 Å². The highest BCUT2D eigenvalue weighted by Gasteiger charge is 2.16. The van der Waals surface area contributed by atoms with Gasteiger partial charge in [-0.25, -0.2) is 0 Å². The summed E-state index contributed by atoms with van der Waals surface area (Å²) < 4.78 is 5.53. The van der Waals surface area contributed by atoms with E-state index in [1.54, 1.807) is 7.11 Å². The van der Waals surface area contributed by atoms with Gasteiger partial charge in [0.25, 0.3) is 0 Å². The molecule has 3 heteroatoms. The lowest BCUT2D eigenvalue weighted by Gasteiger charge is -2.18. The maximum absolute atomic E-state index is 5.83. The van der Waals surface area contributed by atoms with Crippen LogP contribution in [0, 0.1) is 0 Å². The second kappa shape index (κ2) is 6.02. The number of rotatable bonds is 5. The van der Waals surface area contributed by atoms with E-state index in [9.17, 15) is 0 Å². The van der Waals surface area contributed by atoms with E-state index >= 15 is 0 Å². The number of fused-ring (bicyclic) bond motifs is 1. The average molecular weight is 280 g/mol. The molecule has 0 saturated carbocycles. The number of ether oxygens (including phenoxy) is 1. The fourth-order valence-electron chi connectivity index (χ4n) is 2.90. The normalized spacial score (nSPS) is 12.5. The monoisotopic (exact) mass is 280 g/mol. The zero-order chi connectivity index (χ0) is 14.7. The Morgan fingerprint density at radius 1 is 1.10 bits per heavy atom. The number of aromatic nitrogens is 1. The van der Waals surface area contributed by atoms with Gasteiger partial charge in [-0.2, -0.15) is 0 Å². The molecule has 0 aliphatic rings. The van der Waals surface area contributed by atoms with Crippen molar-refractivity contribution in [2.24, 2.45) is 5.73 Å². The molecule has 0 radical (unpaired) electrons. The van der Waals surface area contributed by atoms with Gasteiger partial charge in [-0.05, 0) is 42.3 Å². The Kier molecular flexibility index (Phi) is 3.93. The zero-order valence-electron chi connectivity index (χ0n) is 12.2. The van der Waals surface area contributed by atoms with Crippen LogP contribution < -0.4 is 10.5 Å². The topological polar surface area (TPSA) is 51.0 Å². The SMILES string of the molecule is COc1cc(C(CCN)c2ccccc2)cc2cc[nH]c12. The van der Waals surface area contributed by atoms with E-state index in [2.05, 4.69) is 47.4 Å². The number of nitrogens with one attached hydrogen (secondary N) is 1. The minimum Gasteiger partial charge on any atom is -0.495 e. The first-order valence-electron chi connectivity index (χ1n) is 7.23. The summed E-state index contributed by atoms with van der Waals surface area (Å²) in [5.74, 6) is 1.18. The second-order valence-corrected chi connectivity index (χ2v) is 5.21. The largest absolute Gasteiger partial charge is 0.495 e. The van der Waals surface area contributed by atoms with E-state index in [-0.39, 0.29) is 0 Å². The van der Waals surface area contributed by atoms with E-state index in [1.165, 1.54) is 16.5 Å². The lowest BCUT2D eigenvalue weighted by atomic mass is 9.88. The molecule has 1 atom stereocenters. The molecule has 0 amide bonds. The third-order valence-electron chi connectivity index (χ3n) is 3.93. The van der Waals surface area contributed by atoms with Gasteiger partial charge in [0.05, 0.1) is 12.6 Å². The zero-order valence-corrected chi connectivity index (χ0v) is 12.2. The quantitative estimate of drug-likeness (QED) is 0.749. The van der Waals surface area contributed by atoms with E-state index in [4.69, 9.17) is 10.5 Å². The van der Waals surface area contributed by atoms with Crippen molar-refractivity contribution in [2.75, 3.05) is 13.7 Å². The number of methoxy groups -OCH3 is 1. The molecule has 0 fully saturated rings. The lowest BCUT2D eigenvalue weighted by molar-refractivity contribution is 0.418. The van der Waals surface area contributed by atoms with Crippen LogP contribution in [0.5, 0.6) is 5.75 Å². The lowest BCUT2D eigenvalue weighted by Crippen LogP contribution is -2.09. The Balaban J connectivity index is 2.11. The van der Waals surface area contributed by atoms with Crippen LogP contribution >= 0.6 is 0 Å². The van der Waals surface area contributed by atoms with Crippen molar-refractivity contribution in [3.05, 3.63) is 65.9 Å². The molecule has 3 nitrogen and oxygen atoms in total. The molecule has 2 aromatic carbocycles. The van der Waals surface area contributed by atoms with Gasteiger partial charge in [-0.15, -0.1) is 0 Å². The fraction of sp³-hybridized carbons (Fsp3) is 0.222. The van der Waals surface area contributed by atoms with Gasteiger partial charge in [0.1, 0.15) is 5.75 Å². The molecule has 0 bridgehead atoms. The van der Waals surface area contributed by atoms with Gasteiger partial charge >= 0.3 is 0 Å². The van der Waals surface area contributed by atoms with Gasteiger partial charge in [-0.3, -0.25) is 0 Å². The number of nitrogens with two attached hydrogens (primary N) is 1. The molecule has 1 unspecified atom stereocenters. The van der Waals surface area contributed by atoms with E-state index < -0.39 is 0 Å². The molecular weight excluding hydrogens is 260 g/mol. The number of benzene rings is 2. The Hall–Kier alpha value is -2.26. The smallest absolute Gasteiger partial charge is 0.143 e. The summed E-state index contributed by atoms with van der Waals surface area (Å²) >= 11 is 0. The maximum atomic E-state index is 5.83. The summed E-state index contributed by atoms with van der Waals surface area (Å²) in [5.41, 5.74) is 9.41. The summed E-state index contributed by atoms with van der Waals surface area (Å²) in [5, 5.41) is 1.17. The van der Waals surface area contributed by atoms with Crippen LogP contribution in [-0.2, 0) is 0 Å². The number of hydrogen-bond donors (Lipinski definition) is 2. The number of H-pyrrole nitrogens is 1. The van der Waals surface area contributed by atoms with Crippen molar-refractivity contribution in [2.45, 2.75) is 12.3 Å². The standard InChI is InChI=1S/C18H20N2O/c1-21-17-12-15(11-14-8-10-20-18(14)17)16(7-9-19)13-5-3-2-4-6-13/h2-6,8,10-12,16,20H,7,9,19H2,1H3. The van der Waals surface area contributed by atoms with E-state index in [0.717, 1.165) is 17.7 Å². The van der Waals surface area contributed by atoms with Crippen molar-refractivity contribution < 1.29 is 4.74 Å². The number of hydrogen-bond acceptors (Lipinski definition) is 2. The van der Waals surface area contributed by atoms with Crippen LogP contribution in [0.15, 0.2) is 54.7 Å².